The number of halogens is 1. The first-order chi connectivity index (χ1) is 12.8. The van der Waals surface area contributed by atoms with Crippen LogP contribution in [0, 0.1) is 18.3 Å². The van der Waals surface area contributed by atoms with Crippen LogP contribution in [0.15, 0.2) is 42.0 Å². The van der Waals surface area contributed by atoms with E-state index in [0.717, 1.165) is 5.56 Å². The van der Waals surface area contributed by atoms with Crippen LogP contribution in [0.5, 0.6) is 11.5 Å². The normalized spacial score (nSPS) is 11.1. The predicted molar refractivity (Wildman–Crippen MR) is 107 cm³/mol. The van der Waals surface area contributed by atoms with Crippen molar-refractivity contribution in [3.63, 3.8) is 0 Å². The number of anilines is 1. The number of hydrogen-bond acceptors (Lipinski definition) is 4. The first kappa shape index (κ1) is 20.3. The lowest BCUT2D eigenvalue weighted by molar-refractivity contribution is -0.112. The molecule has 0 heterocycles. The number of carbonyl (C=O) groups is 1. The molecule has 0 fully saturated rings. The second kappa shape index (κ2) is 9.11. The summed E-state index contributed by atoms with van der Waals surface area (Å²) in [5.41, 5.74) is 1.92. The summed E-state index contributed by atoms with van der Waals surface area (Å²) in [6.45, 7) is 5.62. The minimum atomic E-state index is -0.527. The zero-order chi connectivity index (χ0) is 20.0. The van der Waals surface area contributed by atoms with Gasteiger partial charge in [-0.1, -0.05) is 29.8 Å². The van der Waals surface area contributed by atoms with Gasteiger partial charge in [-0.3, -0.25) is 4.79 Å². The van der Waals surface area contributed by atoms with Gasteiger partial charge in [-0.2, -0.15) is 5.26 Å². The second-order valence-corrected chi connectivity index (χ2v) is 6.56. The van der Waals surface area contributed by atoms with Crippen molar-refractivity contribution in [2.75, 3.05) is 12.4 Å². The quantitative estimate of drug-likeness (QED) is 0.562. The molecule has 5 nitrogen and oxygen atoms in total. The molecule has 0 bridgehead atoms. The van der Waals surface area contributed by atoms with Crippen molar-refractivity contribution in [3.8, 4) is 17.6 Å². The average molecular weight is 385 g/mol. The van der Waals surface area contributed by atoms with Gasteiger partial charge in [0, 0.05) is 16.3 Å². The average Bonchev–Trinajstić information content (AvgIpc) is 2.63. The van der Waals surface area contributed by atoms with Crippen LogP contribution in [0.4, 0.5) is 5.69 Å². The summed E-state index contributed by atoms with van der Waals surface area (Å²) in [5, 5.41) is 12.7. The van der Waals surface area contributed by atoms with E-state index in [0.29, 0.717) is 27.8 Å². The van der Waals surface area contributed by atoms with E-state index in [1.807, 2.05) is 26.8 Å². The number of benzene rings is 2. The molecule has 140 valence electrons. The van der Waals surface area contributed by atoms with Gasteiger partial charge in [0.25, 0.3) is 5.91 Å². The van der Waals surface area contributed by atoms with E-state index in [1.165, 1.54) is 13.2 Å². The lowest BCUT2D eigenvalue weighted by Gasteiger charge is -2.16. The monoisotopic (exact) mass is 384 g/mol. The van der Waals surface area contributed by atoms with Crippen LogP contribution in [0.1, 0.15) is 25.0 Å². The van der Waals surface area contributed by atoms with Crippen molar-refractivity contribution in [2.45, 2.75) is 26.9 Å². The Morgan fingerprint density at radius 1 is 1.30 bits per heavy atom. The highest BCUT2D eigenvalue weighted by molar-refractivity contribution is 6.31. The highest BCUT2D eigenvalue weighted by Crippen LogP contribution is 2.33. The molecule has 0 aliphatic rings. The molecule has 0 aromatic heterocycles. The number of hydrogen-bond donors (Lipinski definition) is 1. The van der Waals surface area contributed by atoms with Gasteiger partial charge in [-0.25, -0.2) is 0 Å². The summed E-state index contributed by atoms with van der Waals surface area (Å²) in [7, 11) is 1.54. The van der Waals surface area contributed by atoms with E-state index >= 15 is 0 Å². The zero-order valence-electron chi connectivity index (χ0n) is 15.7. The summed E-state index contributed by atoms with van der Waals surface area (Å²) in [6, 6.07) is 12.4. The maximum absolute atomic E-state index is 12.6. The molecular weight excluding hydrogens is 364 g/mol. The van der Waals surface area contributed by atoms with E-state index in [2.05, 4.69) is 5.32 Å². The van der Waals surface area contributed by atoms with Crippen molar-refractivity contribution in [3.05, 3.63) is 58.1 Å². The molecule has 0 aliphatic heterocycles. The molecule has 27 heavy (non-hydrogen) atoms. The van der Waals surface area contributed by atoms with Crippen molar-refractivity contribution in [1.82, 2.24) is 0 Å². The number of nitriles is 1. The summed E-state index contributed by atoms with van der Waals surface area (Å²) < 4.78 is 11.2. The molecule has 6 heteroatoms. The molecule has 0 unspecified atom stereocenters. The lowest BCUT2D eigenvalue weighted by atomic mass is 10.1. The van der Waals surface area contributed by atoms with Crippen LogP contribution < -0.4 is 14.8 Å². The molecule has 2 aromatic rings. The standard InChI is InChI=1S/C21H21ClN2O3/c1-13(2)27-20-15(6-5-7-19(20)26-4)10-16(12-23)21(25)24-18-11-17(22)9-8-14(18)3/h5-11,13H,1-4H3,(H,24,25)/b16-10-. The summed E-state index contributed by atoms with van der Waals surface area (Å²) in [5.74, 6) is 0.483. The minimum absolute atomic E-state index is 0.0590. The molecule has 0 radical (unpaired) electrons. The maximum atomic E-state index is 12.6. The van der Waals surface area contributed by atoms with Crippen LogP contribution in [0.2, 0.25) is 5.02 Å². The fourth-order valence-corrected chi connectivity index (χ4v) is 2.56. The Kier molecular flexibility index (Phi) is 6.86. The van der Waals surface area contributed by atoms with Crippen molar-refractivity contribution in [1.29, 1.82) is 5.26 Å². The van der Waals surface area contributed by atoms with E-state index in [1.54, 1.807) is 36.4 Å². The Bertz CT molecular complexity index is 914. The van der Waals surface area contributed by atoms with Crippen LogP contribution >= 0.6 is 11.6 Å². The molecular formula is C21H21ClN2O3. The molecule has 0 atom stereocenters. The number of carbonyl (C=O) groups excluding carboxylic acids is 1. The number of aryl methyl sites for hydroxylation is 1. The van der Waals surface area contributed by atoms with Gasteiger partial charge in [-0.05, 0) is 50.6 Å². The van der Waals surface area contributed by atoms with Crippen molar-refractivity contribution < 1.29 is 14.3 Å². The SMILES string of the molecule is COc1cccc(/C=C(/C#N)C(=O)Nc2cc(Cl)ccc2C)c1OC(C)C. The van der Waals surface area contributed by atoms with E-state index in [4.69, 9.17) is 21.1 Å². The molecule has 1 amide bonds. The largest absolute Gasteiger partial charge is 0.493 e. The first-order valence-corrected chi connectivity index (χ1v) is 8.76. The summed E-state index contributed by atoms with van der Waals surface area (Å²) >= 11 is 5.98. The first-order valence-electron chi connectivity index (χ1n) is 8.38. The van der Waals surface area contributed by atoms with Crippen molar-refractivity contribution in [2.24, 2.45) is 0 Å². The lowest BCUT2D eigenvalue weighted by Crippen LogP contribution is -2.14. The van der Waals surface area contributed by atoms with Crippen LogP contribution in [0.3, 0.4) is 0 Å². The molecule has 0 spiro atoms. The van der Waals surface area contributed by atoms with E-state index in [-0.39, 0.29) is 11.7 Å². The molecule has 2 aromatic carbocycles. The molecule has 0 saturated carbocycles. The number of nitrogens with one attached hydrogen (secondary N) is 1. The van der Waals surface area contributed by atoms with Gasteiger partial charge in [0.15, 0.2) is 11.5 Å². The number of rotatable bonds is 6. The van der Waals surface area contributed by atoms with E-state index < -0.39 is 5.91 Å². The fourth-order valence-electron chi connectivity index (χ4n) is 2.39. The second-order valence-electron chi connectivity index (χ2n) is 6.13. The third-order valence-electron chi connectivity index (χ3n) is 3.70. The van der Waals surface area contributed by atoms with Crippen molar-refractivity contribution >= 4 is 29.3 Å². The third kappa shape index (κ3) is 5.25. The molecule has 0 saturated heterocycles. The molecule has 2 rings (SSSR count). The topological polar surface area (TPSA) is 71.3 Å². The molecule has 0 aliphatic carbocycles. The van der Waals surface area contributed by atoms with Crippen LogP contribution in [-0.4, -0.2) is 19.1 Å². The van der Waals surface area contributed by atoms with Crippen LogP contribution in [0.25, 0.3) is 6.08 Å². The Balaban J connectivity index is 2.39. The van der Waals surface area contributed by atoms with Gasteiger partial charge in [-0.15, -0.1) is 0 Å². The van der Waals surface area contributed by atoms with Crippen LogP contribution in [-0.2, 0) is 4.79 Å². The van der Waals surface area contributed by atoms with Gasteiger partial charge in [0.2, 0.25) is 0 Å². The Morgan fingerprint density at radius 2 is 2.04 bits per heavy atom. The Hall–Kier alpha value is -2.97. The number of nitrogens with zero attached hydrogens (tertiary/aromatic N) is 1. The Labute approximate surface area is 164 Å². The third-order valence-corrected chi connectivity index (χ3v) is 3.93. The van der Waals surface area contributed by atoms with Gasteiger partial charge < -0.3 is 14.8 Å². The van der Waals surface area contributed by atoms with E-state index in [9.17, 15) is 10.1 Å². The highest BCUT2D eigenvalue weighted by atomic mass is 35.5. The smallest absolute Gasteiger partial charge is 0.266 e. The fraction of sp³-hybridized carbons (Fsp3) is 0.238. The summed E-state index contributed by atoms with van der Waals surface area (Å²) in [6.07, 6.45) is 1.39. The zero-order valence-corrected chi connectivity index (χ0v) is 16.4. The number of para-hydroxylation sites is 1. The van der Waals surface area contributed by atoms with Gasteiger partial charge >= 0.3 is 0 Å². The maximum Gasteiger partial charge on any atom is 0.266 e. The minimum Gasteiger partial charge on any atom is -0.493 e. The molecule has 1 N–H and O–H groups in total. The number of methoxy groups -OCH3 is 1. The highest BCUT2D eigenvalue weighted by Gasteiger charge is 2.15. The Morgan fingerprint density at radius 3 is 2.67 bits per heavy atom. The van der Waals surface area contributed by atoms with Gasteiger partial charge in [0.1, 0.15) is 11.6 Å². The summed E-state index contributed by atoms with van der Waals surface area (Å²) in [4.78, 5) is 12.6. The number of amides is 1. The predicted octanol–water partition coefficient (Wildman–Crippen LogP) is 4.99. The number of ether oxygens (including phenoxy) is 2. The van der Waals surface area contributed by atoms with Gasteiger partial charge in [0.05, 0.1) is 13.2 Å².